The van der Waals surface area contributed by atoms with Crippen molar-refractivity contribution >= 4 is 24.2 Å². The van der Waals surface area contributed by atoms with Gasteiger partial charge in [0.05, 0.1) is 0 Å². The Balaban J connectivity index is 2.11. The molecule has 3 nitrogen and oxygen atoms in total. The van der Waals surface area contributed by atoms with E-state index in [0.717, 1.165) is 11.6 Å². The highest BCUT2D eigenvalue weighted by atomic mass is 35.5. The standard InChI is InChI=1S/C14H13BClFO3/c1-9-6-12(16)4-5-14(9)20-8-10-2-3-11(15(18)19)7-13(10)17/h2-7,18-19H,8H2,1H3. The summed E-state index contributed by atoms with van der Waals surface area (Å²) in [7, 11) is -1.68. The van der Waals surface area contributed by atoms with Crippen LogP contribution in [0.15, 0.2) is 36.4 Å². The molecule has 0 saturated carbocycles. The van der Waals surface area contributed by atoms with Gasteiger partial charge in [-0.25, -0.2) is 4.39 Å². The van der Waals surface area contributed by atoms with Gasteiger partial charge in [0.1, 0.15) is 18.2 Å². The van der Waals surface area contributed by atoms with Gasteiger partial charge >= 0.3 is 7.12 Å². The second kappa shape index (κ2) is 6.26. The molecule has 0 saturated heterocycles. The lowest BCUT2D eigenvalue weighted by Gasteiger charge is -2.10. The SMILES string of the molecule is Cc1cc(Cl)ccc1OCc1ccc(B(O)O)cc1F. The maximum atomic E-state index is 13.8. The minimum Gasteiger partial charge on any atom is -0.489 e. The van der Waals surface area contributed by atoms with E-state index in [1.165, 1.54) is 12.1 Å². The van der Waals surface area contributed by atoms with E-state index >= 15 is 0 Å². The van der Waals surface area contributed by atoms with Crippen LogP contribution in [0.3, 0.4) is 0 Å². The fraction of sp³-hybridized carbons (Fsp3) is 0.143. The van der Waals surface area contributed by atoms with E-state index in [1.807, 2.05) is 6.92 Å². The fourth-order valence-electron chi connectivity index (χ4n) is 1.77. The summed E-state index contributed by atoms with van der Waals surface area (Å²) in [6.45, 7) is 1.90. The van der Waals surface area contributed by atoms with E-state index in [2.05, 4.69) is 0 Å². The van der Waals surface area contributed by atoms with Crippen molar-refractivity contribution in [2.24, 2.45) is 0 Å². The lowest BCUT2D eigenvalue weighted by Crippen LogP contribution is -2.30. The average molecular weight is 295 g/mol. The van der Waals surface area contributed by atoms with Crippen molar-refractivity contribution < 1.29 is 19.2 Å². The number of ether oxygens (including phenoxy) is 1. The number of rotatable bonds is 4. The van der Waals surface area contributed by atoms with Crippen molar-refractivity contribution in [2.75, 3.05) is 0 Å². The number of hydrogen-bond acceptors (Lipinski definition) is 3. The van der Waals surface area contributed by atoms with Crippen LogP contribution in [0.5, 0.6) is 5.75 Å². The van der Waals surface area contributed by atoms with Crippen LogP contribution in [0.25, 0.3) is 0 Å². The average Bonchev–Trinajstić information content (AvgIpc) is 2.38. The number of hydrogen-bond donors (Lipinski definition) is 2. The molecular weight excluding hydrogens is 281 g/mol. The molecule has 0 amide bonds. The summed E-state index contributed by atoms with van der Waals surface area (Å²) in [6, 6.07) is 9.18. The molecule has 104 valence electrons. The highest BCUT2D eigenvalue weighted by Crippen LogP contribution is 2.23. The summed E-state index contributed by atoms with van der Waals surface area (Å²) in [5, 5.41) is 18.5. The molecule has 0 aromatic heterocycles. The maximum Gasteiger partial charge on any atom is 0.488 e. The van der Waals surface area contributed by atoms with Crippen LogP contribution in [0.2, 0.25) is 5.02 Å². The molecule has 20 heavy (non-hydrogen) atoms. The van der Waals surface area contributed by atoms with Gasteiger partial charge in [-0.2, -0.15) is 0 Å². The van der Waals surface area contributed by atoms with Gasteiger partial charge in [-0.15, -0.1) is 0 Å². The second-order valence-electron chi connectivity index (χ2n) is 4.42. The Hall–Kier alpha value is -1.56. The van der Waals surface area contributed by atoms with Crippen LogP contribution < -0.4 is 10.2 Å². The number of aryl methyl sites for hydroxylation is 1. The van der Waals surface area contributed by atoms with Crippen molar-refractivity contribution in [1.29, 1.82) is 0 Å². The van der Waals surface area contributed by atoms with E-state index in [9.17, 15) is 4.39 Å². The van der Waals surface area contributed by atoms with E-state index in [1.54, 1.807) is 18.2 Å². The molecule has 0 aliphatic carbocycles. The van der Waals surface area contributed by atoms with Gasteiger partial charge in [0.25, 0.3) is 0 Å². The summed E-state index contributed by atoms with van der Waals surface area (Å²) in [4.78, 5) is 0. The Kier molecular flexibility index (Phi) is 4.65. The largest absolute Gasteiger partial charge is 0.489 e. The monoisotopic (exact) mass is 294 g/mol. The zero-order chi connectivity index (χ0) is 14.7. The Morgan fingerprint density at radius 3 is 2.55 bits per heavy atom. The Bertz CT molecular complexity index is 619. The van der Waals surface area contributed by atoms with Crippen LogP contribution in [0.4, 0.5) is 4.39 Å². The minimum absolute atomic E-state index is 0.0517. The molecular formula is C14H13BClFO3. The molecule has 0 radical (unpaired) electrons. The first-order chi connectivity index (χ1) is 9.47. The highest BCUT2D eigenvalue weighted by molar-refractivity contribution is 6.58. The lowest BCUT2D eigenvalue weighted by atomic mass is 9.80. The van der Waals surface area contributed by atoms with Crippen molar-refractivity contribution in [3.05, 3.63) is 58.4 Å². The summed E-state index contributed by atoms with van der Waals surface area (Å²) < 4.78 is 19.3. The summed E-state index contributed by atoms with van der Waals surface area (Å²) in [5.41, 5.74) is 1.30. The molecule has 0 fully saturated rings. The van der Waals surface area contributed by atoms with Gasteiger partial charge in [0.15, 0.2) is 0 Å². The predicted molar refractivity (Wildman–Crippen MR) is 76.7 cm³/mol. The van der Waals surface area contributed by atoms with Crippen LogP contribution in [-0.4, -0.2) is 17.2 Å². The molecule has 0 atom stereocenters. The van der Waals surface area contributed by atoms with E-state index in [0.29, 0.717) is 16.3 Å². The topological polar surface area (TPSA) is 49.7 Å². The van der Waals surface area contributed by atoms with Crippen LogP contribution in [0.1, 0.15) is 11.1 Å². The maximum absolute atomic E-state index is 13.8. The molecule has 2 rings (SSSR count). The van der Waals surface area contributed by atoms with Gasteiger partial charge in [-0.1, -0.05) is 23.7 Å². The highest BCUT2D eigenvalue weighted by Gasteiger charge is 2.13. The minimum atomic E-state index is -1.68. The number of benzene rings is 2. The van der Waals surface area contributed by atoms with Gasteiger partial charge in [-0.3, -0.25) is 0 Å². The third-order valence-corrected chi connectivity index (χ3v) is 3.13. The van der Waals surface area contributed by atoms with Crippen LogP contribution in [-0.2, 0) is 6.61 Å². The van der Waals surface area contributed by atoms with Crippen molar-refractivity contribution in [3.63, 3.8) is 0 Å². The molecule has 6 heteroatoms. The number of halogens is 2. The van der Waals surface area contributed by atoms with E-state index < -0.39 is 12.9 Å². The van der Waals surface area contributed by atoms with Crippen LogP contribution in [0, 0.1) is 12.7 Å². The van der Waals surface area contributed by atoms with Crippen molar-refractivity contribution in [1.82, 2.24) is 0 Å². The quantitative estimate of drug-likeness (QED) is 0.849. The fourth-order valence-corrected chi connectivity index (χ4v) is 2.00. The smallest absolute Gasteiger partial charge is 0.488 e. The first-order valence-electron chi connectivity index (χ1n) is 6.01. The summed E-state index contributed by atoms with van der Waals surface area (Å²) in [6.07, 6.45) is 0. The Morgan fingerprint density at radius 2 is 1.95 bits per heavy atom. The van der Waals surface area contributed by atoms with Gasteiger partial charge in [-0.05, 0) is 42.2 Å². The first kappa shape index (κ1) is 14.8. The normalized spacial score (nSPS) is 10.4. The van der Waals surface area contributed by atoms with Gasteiger partial charge in [0, 0.05) is 10.6 Å². The molecule has 0 heterocycles. The van der Waals surface area contributed by atoms with E-state index in [4.69, 9.17) is 26.4 Å². The van der Waals surface area contributed by atoms with Gasteiger partial charge < -0.3 is 14.8 Å². The molecule has 0 aliphatic heterocycles. The van der Waals surface area contributed by atoms with Crippen molar-refractivity contribution in [2.45, 2.75) is 13.5 Å². The lowest BCUT2D eigenvalue weighted by molar-refractivity contribution is 0.298. The molecule has 0 unspecified atom stereocenters. The Labute approximate surface area is 121 Å². The molecule has 2 aromatic carbocycles. The first-order valence-corrected chi connectivity index (χ1v) is 6.38. The summed E-state index contributed by atoms with van der Waals surface area (Å²) >= 11 is 5.84. The van der Waals surface area contributed by atoms with Crippen molar-refractivity contribution in [3.8, 4) is 5.75 Å². The van der Waals surface area contributed by atoms with Crippen LogP contribution >= 0.6 is 11.6 Å². The predicted octanol–water partition coefficient (Wildman–Crippen LogP) is 2.05. The zero-order valence-electron chi connectivity index (χ0n) is 10.8. The summed E-state index contributed by atoms with van der Waals surface area (Å²) in [5.74, 6) is 0.0855. The zero-order valence-corrected chi connectivity index (χ0v) is 11.6. The van der Waals surface area contributed by atoms with E-state index in [-0.39, 0.29) is 12.1 Å². The molecule has 0 bridgehead atoms. The van der Waals surface area contributed by atoms with Gasteiger partial charge in [0.2, 0.25) is 0 Å². The third kappa shape index (κ3) is 3.51. The molecule has 0 spiro atoms. The third-order valence-electron chi connectivity index (χ3n) is 2.90. The molecule has 0 aliphatic rings. The molecule has 2 N–H and O–H groups in total. The second-order valence-corrected chi connectivity index (χ2v) is 4.86. The Morgan fingerprint density at radius 1 is 1.20 bits per heavy atom. The molecule has 2 aromatic rings.